The van der Waals surface area contributed by atoms with Gasteiger partial charge >= 0.3 is 0 Å². The lowest BCUT2D eigenvalue weighted by atomic mass is 10.2. The normalized spacial score (nSPS) is 13.6. The van der Waals surface area contributed by atoms with Crippen LogP contribution in [0.4, 0.5) is 0 Å². The maximum Gasteiger partial charge on any atom is 0.281 e. The molecule has 1 aromatic carbocycles. The minimum atomic E-state index is -0.0532. The van der Waals surface area contributed by atoms with Crippen LogP contribution in [-0.4, -0.2) is 14.5 Å². The Hall–Kier alpha value is -2.21. The van der Waals surface area contributed by atoms with Gasteiger partial charge < -0.3 is 4.74 Å². The molecule has 0 bridgehead atoms. The van der Waals surface area contributed by atoms with Crippen LogP contribution in [-0.2, 0) is 13.0 Å². The van der Waals surface area contributed by atoms with Gasteiger partial charge in [-0.1, -0.05) is 29.0 Å². The van der Waals surface area contributed by atoms with Crippen molar-refractivity contribution < 1.29 is 4.74 Å². The van der Waals surface area contributed by atoms with E-state index in [0.29, 0.717) is 21.3 Å². The van der Waals surface area contributed by atoms with Gasteiger partial charge in [0.05, 0.1) is 0 Å². The topological polar surface area (TPSA) is 57.0 Å². The molecule has 0 spiro atoms. The summed E-state index contributed by atoms with van der Waals surface area (Å²) in [5.41, 5.74) is 1.53. The second kappa shape index (κ2) is 4.66. The summed E-state index contributed by atoms with van der Waals surface area (Å²) in [4.78, 5) is 21.8. The maximum absolute atomic E-state index is 12.3. The van der Waals surface area contributed by atoms with Crippen LogP contribution in [0.25, 0.3) is 10.3 Å². The van der Waals surface area contributed by atoms with E-state index < -0.39 is 0 Å². The summed E-state index contributed by atoms with van der Waals surface area (Å²) >= 11 is 1.32. The second-order valence-corrected chi connectivity index (χ2v) is 6.08. The monoisotopic (exact) mass is 299 g/mol. The Kier molecular flexibility index (Phi) is 2.78. The van der Waals surface area contributed by atoms with Crippen LogP contribution in [0.2, 0.25) is 0 Å². The number of aromatic nitrogens is 3. The highest BCUT2D eigenvalue weighted by Gasteiger charge is 2.19. The fourth-order valence-corrected chi connectivity index (χ4v) is 3.32. The highest BCUT2D eigenvalue weighted by molar-refractivity contribution is 7.19. The molecule has 3 aromatic rings. The van der Waals surface area contributed by atoms with Crippen molar-refractivity contribution in [1.29, 1.82) is 0 Å². The van der Waals surface area contributed by atoms with Gasteiger partial charge in [0, 0.05) is 13.0 Å². The SMILES string of the molecule is Cc1ccc(Oc2nc3c(=O)n4c(nc3s2)CCC4)cc1. The summed E-state index contributed by atoms with van der Waals surface area (Å²) < 4.78 is 7.44. The lowest BCUT2D eigenvalue weighted by Crippen LogP contribution is -2.20. The van der Waals surface area contributed by atoms with Crippen molar-refractivity contribution >= 4 is 21.7 Å². The molecule has 0 saturated heterocycles. The predicted octanol–water partition coefficient (Wildman–Crippen LogP) is 2.90. The average molecular weight is 299 g/mol. The van der Waals surface area contributed by atoms with Crippen LogP contribution in [0.1, 0.15) is 17.8 Å². The Balaban J connectivity index is 1.76. The molecular weight excluding hydrogens is 286 g/mol. The molecule has 0 atom stereocenters. The minimum absolute atomic E-state index is 0.0532. The first kappa shape index (κ1) is 12.5. The molecule has 0 amide bonds. The lowest BCUT2D eigenvalue weighted by Gasteiger charge is -2.00. The smallest absolute Gasteiger partial charge is 0.281 e. The summed E-state index contributed by atoms with van der Waals surface area (Å²) in [6.07, 6.45) is 1.84. The van der Waals surface area contributed by atoms with E-state index >= 15 is 0 Å². The fraction of sp³-hybridized carbons (Fsp3) is 0.267. The number of nitrogens with zero attached hydrogens (tertiary/aromatic N) is 3. The Bertz CT molecular complexity index is 880. The van der Waals surface area contributed by atoms with E-state index in [-0.39, 0.29) is 5.56 Å². The van der Waals surface area contributed by atoms with E-state index in [1.54, 1.807) is 4.57 Å². The third kappa shape index (κ3) is 2.12. The Morgan fingerprint density at radius 2 is 2.05 bits per heavy atom. The highest BCUT2D eigenvalue weighted by Crippen LogP contribution is 2.29. The standard InChI is InChI=1S/C15H13N3O2S/c1-9-4-6-10(7-5-9)20-15-17-12-13(21-15)16-11-3-2-8-18(11)14(12)19/h4-7H,2-3,8H2,1H3. The van der Waals surface area contributed by atoms with Gasteiger partial charge in [-0.25, -0.2) is 4.98 Å². The first-order chi connectivity index (χ1) is 10.2. The molecule has 2 aromatic heterocycles. The van der Waals surface area contributed by atoms with Crippen LogP contribution < -0.4 is 10.3 Å². The third-order valence-corrected chi connectivity index (χ3v) is 4.42. The molecule has 21 heavy (non-hydrogen) atoms. The highest BCUT2D eigenvalue weighted by atomic mass is 32.1. The van der Waals surface area contributed by atoms with Crippen LogP contribution >= 0.6 is 11.3 Å². The second-order valence-electron chi connectivity index (χ2n) is 5.14. The third-order valence-electron chi connectivity index (χ3n) is 3.59. The van der Waals surface area contributed by atoms with E-state index in [4.69, 9.17) is 4.74 Å². The molecule has 0 N–H and O–H groups in total. The largest absolute Gasteiger partial charge is 0.431 e. The molecule has 0 saturated carbocycles. The summed E-state index contributed by atoms with van der Waals surface area (Å²) in [6, 6.07) is 7.73. The van der Waals surface area contributed by atoms with Crippen LogP contribution in [0.5, 0.6) is 10.9 Å². The van der Waals surface area contributed by atoms with Crippen molar-refractivity contribution in [2.45, 2.75) is 26.3 Å². The first-order valence-corrected chi connectivity index (χ1v) is 7.67. The van der Waals surface area contributed by atoms with E-state index in [1.807, 2.05) is 31.2 Å². The van der Waals surface area contributed by atoms with Crippen molar-refractivity contribution in [1.82, 2.24) is 14.5 Å². The number of rotatable bonds is 2. The Morgan fingerprint density at radius 1 is 1.24 bits per heavy atom. The van der Waals surface area contributed by atoms with Gasteiger partial charge in [-0.15, -0.1) is 0 Å². The van der Waals surface area contributed by atoms with Crippen molar-refractivity contribution in [2.24, 2.45) is 0 Å². The molecule has 3 heterocycles. The molecule has 106 valence electrons. The number of hydrogen-bond acceptors (Lipinski definition) is 5. The maximum atomic E-state index is 12.3. The Labute approximate surface area is 124 Å². The molecule has 0 radical (unpaired) electrons. The first-order valence-electron chi connectivity index (χ1n) is 6.85. The molecule has 0 fully saturated rings. The molecule has 1 aliphatic heterocycles. The molecule has 1 aliphatic rings. The molecular formula is C15H13N3O2S. The van der Waals surface area contributed by atoms with Gasteiger partial charge in [-0.3, -0.25) is 9.36 Å². The summed E-state index contributed by atoms with van der Waals surface area (Å²) in [7, 11) is 0. The van der Waals surface area contributed by atoms with Gasteiger partial charge in [0.1, 0.15) is 11.6 Å². The number of aryl methyl sites for hydroxylation is 2. The molecule has 4 rings (SSSR count). The zero-order valence-electron chi connectivity index (χ0n) is 11.5. The van der Waals surface area contributed by atoms with E-state index in [9.17, 15) is 4.79 Å². The zero-order valence-corrected chi connectivity index (χ0v) is 12.3. The summed E-state index contributed by atoms with van der Waals surface area (Å²) in [5.74, 6) is 1.57. The predicted molar refractivity (Wildman–Crippen MR) is 81.2 cm³/mol. The minimum Gasteiger partial charge on any atom is -0.431 e. The van der Waals surface area contributed by atoms with E-state index in [0.717, 1.165) is 25.2 Å². The Morgan fingerprint density at radius 3 is 2.86 bits per heavy atom. The van der Waals surface area contributed by atoms with E-state index in [1.165, 1.54) is 16.9 Å². The number of benzene rings is 1. The lowest BCUT2D eigenvalue weighted by molar-refractivity contribution is 0.480. The number of ether oxygens (including phenoxy) is 1. The van der Waals surface area contributed by atoms with Crippen molar-refractivity contribution in [2.75, 3.05) is 0 Å². The van der Waals surface area contributed by atoms with Crippen LogP contribution in [0.3, 0.4) is 0 Å². The van der Waals surface area contributed by atoms with Gasteiger partial charge in [0.15, 0.2) is 10.3 Å². The van der Waals surface area contributed by atoms with Gasteiger partial charge in [-0.2, -0.15) is 4.98 Å². The van der Waals surface area contributed by atoms with Gasteiger partial charge in [0.2, 0.25) is 0 Å². The summed E-state index contributed by atoms with van der Waals surface area (Å²) in [6.45, 7) is 2.76. The van der Waals surface area contributed by atoms with Gasteiger partial charge in [0.25, 0.3) is 10.8 Å². The molecule has 0 aliphatic carbocycles. The van der Waals surface area contributed by atoms with Gasteiger partial charge in [-0.05, 0) is 25.5 Å². The van der Waals surface area contributed by atoms with Crippen molar-refractivity contribution in [3.8, 4) is 10.9 Å². The molecule has 6 heteroatoms. The average Bonchev–Trinajstić information content (AvgIpc) is 3.08. The number of hydrogen-bond donors (Lipinski definition) is 0. The zero-order chi connectivity index (χ0) is 14.4. The number of fused-ring (bicyclic) bond motifs is 2. The van der Waals surface area contributed by atoms with E-state index in [2.05, 4.69) is 9.97 Å². The molecule has 0 unspecified atom stereocenters. The van der Waals surface area contributed by atoms with Crippen LogP contribution in [0.15, 0.2) is 29.1 Å². The van der Waals surface area contributed by atoms with Crippen molar-refractivity contribution in [3.63, 3.8) is 0 Å². The molecule has 5 nitrogen and oxygen atoms in total. The quantitative estimate of drug-likeness (QED) is 0.730. The van der Waals surface area contributed by atoms with Crippen LogP contribution in [0, 0.1) is 6.92 Å². The van der Waals surface area contributed by atoms with Crippen molar-refractivity contribution in [3.05, 3.63) is 46.0 Å². The fourth-order valence-electron chi connectivity index (χ4n) is 2.50. The number of thiazole rings is 1. The summed E-state index contributed by atoms with van der Waals surface area (Å²) in [5, 5.41) is 0.461.